The minimum Gasteiger partial charge on any atom is -0.367 e. The van der Waals surface area contributed by atoms with E-state index in [0.717, 1.165) is 37.7 Å². The van der Waals surface area contributed by atoms with Crippen LogP contribution in [0.4, 0.5) is 15.9 Å². The third-order valence-electron chi connectivity index (χ3n) is 3.67. The average Bonchev–Trinajstić information content (AvgIpc) is 2.56. The van der Waals surface area contributed by atoms with Gasteiger partial charge < -0.3 is 9.80 Å². The van der Waals surface area contributed by atoms with Gasteiger partial charge in [0.2, 0.25) is 0 Å². The van der Waals surface area contributed by atoms with Crippen LogP contribution in [0.25, 0.3) is 0 Å². The first-order valence-electron chi connectivity index (χ1n) is 6.88. The normalized spacial score (nSPS) is 14.9. The second-order valence-electron chi connectivity index (χ2n) is 4.94. The van der Waals surface area contributed by atoms with Crippen molar-refractivity contribution in [3.63, 3.8) is 0 Å². The van der Waals surface area contributed by atoms with Crippen molar-refractivity contribution in [3.05, 3.63) is 54.0 Å². The summed E-state index contributed by atoms with van der Waals surface area (Å²) >= 11 is 0. The quantitative estimate of drug-likeness (QED) is 0.848. The van der Waals surface area contributed by atoms with Crippen LogP contribution in [0.15, 0.2) is 42.6 Å². The Morgan fingerprint density at radius 1 is 1.05 bits per heavy atom. The molecular formula is C16H15FN4. The Kier molecular flexibility index (Phi) is 3.69. The van der Waals surface area contributed by atoms with Gasteiger partial charge in [-0.3, -0.25) is 0 Å². The van der Waals surface area contributed by atoms with E-state index in [0.29, 0.717) is 5.56 Å². The first-order chi connectivity index (χ1) is 10.3. The van der Waals surface area contributed by atoms with Crippen LogP contribution in [-0.4, -0.2) is 31.2 Å². The summed E-state index contributed by atoms with van der Waals surface area (Å²) in [6.07, 6.45) is 1.79. The molecule has 21 heavy (non-hydrogen) atoms. The molecule has 5 heteroatoms. The second kappa shape index (κ2) is 5.80. The van der Waals surface area contributed by atoms with E-state index in [1.165, 1.54) is 12.1 Å². The summed E-state index contributed by atoms with van der Waals surface area (Å²) in [7, 11) is 0. The van der Waals surface area contributed by atoms with E-state index in [1.807, 2.05) is 18.2 Å². The number of halogens is 1. The minimum atomic E-state index is -0.373. The predicted octanol–water partition coefficient (Wildman–Crippen LogP) is 2.42. The Hall–Kier alpha value is -2.61. The third kappa shape index (κ3) is 2.79. The smallest absolute Gasteiger partial charge is 0.128 e. The summed E-state index contributed by atoms with van der Waals surface area (Å²) < 4.78 is 13.2. The maximum absolute atomic E-state index is 13.2. The SMILES string of the molecule is N#Cc1cc(F)ccc1N1CCN(c2ccccn2)CC1. The van der Waals surface area contributed by atoms with Crippen LogP contribution in [0.3, 0.4) is 0 Å². The van der Waals surface area contributed by atoms with Crippen molar-refractivity contribution in [2.45, 2.75) is 0 Å². The van der Waals surface area contributed by atoms with Gasteiger partial charge in [-0.25, -0.2) is 9.37 Å². The number of nitriles is 1. The molecule has 0 N–H and O–H groups in total. The highest BCUT2D eigenvalue weighted by atomic mass is 19.1. The van der Waals surface area contributed by atoms with Crippen molar-refractivity contribution < 1.29 is 4.39 Å². The van der Waals surface area contributed by atoms with Gasteiger partial charge in [-0.1, -0.05) is 6.07 Å². The molecule has 3 rings (SSSR count). The first-order valence-corrected chi connectivity index (χ1v) is 6.88. The molecule has 2 heterocycles. The van der Waals surface area contributed by atoms with Gasteiger partial charge in [0, 0.05) is 32.4 Å². The van der Waals surface area contributed by atoms with Crippen molar-refractivity contribution in [1.29, 1.82) is 5.26 Å². The van der Waals surface area contributed by atoms with Crippen LogP contribution in [-0.2, 0) is 0 Å². The lowest BCUT2D eigenvalue weighted by atomic mass is 10.1. The highest BCUT2D eigenvalue weighted by molar-refractivity contribution is 5.60. The van der Waals surface area contributed by atoms with Crippen molar-refractivity contribution in [1.82, 2.24) is 4.98 Å². The molecule has 1 aromatic heterocycles. The molecule has 0 saturated carbocycles. The van der Waals surface area contributed by atoms with Crippen molar-refractivity contribution >= 4 is 11.5 Å². The highest BCUT2D eigenvalue weighted by Gasteiger charge is 2.20. The molecule has 0 radical (unpaired) electrons. The molecule has 1 aliphatic rings. The lowest BCUT2D eigenvalue weighted by Crippen LogP contribution is -2.47. The second-order valence-corrected chi connectivity index (χ2v) is 4.94. The molecule has 106 valence electrons. The number of piperazine rings is 1. The zero-order valence-corrected chi connectivity index (χ0v) is 11.5. The van der Waals surface area contributed by atoms with Crippen molar-refractivity contribution in [2.75, 3.05) is 36.0 Å². The largest absolute Gasteiger partial charge is 0.367 e. The fourth-order valence-electron chi connectivity index (χ4n) is 2.59. The number of nitrogens with zero attached hydrogens (tertiary/aromatic N) is 4. The molecule has 0 aliphatic carbocycles. The molecule has 0 atom stereocenters. The van der Waals surface area contributed by atoms with E-state index >= 15 is 0 Å². The lowest BCUT2D eigenvalue weighted by Gasteiger charge is -2.37. The van der Waals surface area contributed by atoms with E-state index in [-0.39, 0.29) is 5.82 Å². The van der Waals surface area contributed by atoms with E-state index in [2.05, 4.69) is 20.9 Å². The maximum Gasteiger partial charge on any atom is 0.128 e. The summed E-state index contributed by atoms with van der Waals surface area (Å²) in [5, 5.41) is 9.14. The summed E-state index contributed by atoms with van der Waals surface area (Å²) in [4.78, 5) is 8.69. The van der Waals surface area contributed by atoms with E-state index in [1.54, 1.807) is 12.3 Å². The van der Waals surface area contributed by atoms with Gasteiger partial charge in [0.15, 0.2) is 0 Å². The van der Waals surface area contributed by atoms with Crippen LogP contribution in [0.5, 0.6) is 0 Å². The number of rotatable bonds is 2. The number of hydrogen-bond donors (Lipinski definition) is 0. The molecular weight excluding hydrogens is 267 g/mol. The molecule has 2 aromatic rings. The molecule has 4 nitrogen and oxygen atoms in total. The first kappa shape index (κ1) is 13.4. The Morgan fingerprint density at radius 3 is 2.48 bits per heavy atom. The molecule has 1 aliphatic heterocycles. The van der Waals surface area contributed by atoms with Gasteiger partial charge in [-0.2, -0.15) is 5.26 Å². The zero-order valence-electron chi connectivity index (χ0n) is 11.5. The number of hydrogen-bond acceptors (Lipinski definition) is 4. The van der Waals surface area contributed by atoms with Gasteiger partial charge in [0.25, 0.3) is 0 Å². The van der Waals surface area contributed by atoms with Crippen molar-refractivity contribution in [3.8, 4) is 6.07 Å². The maximum atomic E-state index is 13.2. The lowest BCUT2D eigenvalue weighted by molar-refractivity contribution is 0.623. The number of anilines is 2. The monoisotopic (exact) mass is 282 g/mol. The van der Waals surface area contributed by atoms with Gasteiger partial charge in [0.1, 0.15) is 17.7 Å². The molecule has 1 fully saturated rings. The van der Waals surface area contributed by atoms with Crippen LogP contribution >= 0.6 is 0 Å². The predicted molar refractivity (Wildman–Crippen MR) is 79.8 cm³/mol. The summed E-state index contributed by atoms with van der Waals surface area (Å²) in [6.45, 7) is 3.24. The Labute approximate surface area is 123 Å². The fraction of sp³-hybridized carbons (Fsp3) is 0.250. The summed E-state index contributed by atoms with van der Waals surface area (Å²) in [5.74, 6) is 0.596. The van der Waals surface area contributed by atoms with Crippen LogP contribution < -0.4 is 9.80 Å². The topological polar surface area (TPSA) is 43.2 Å². The van der Waals surface area contributed by atoms with Gasteiger partial charge in [0.05, 0.1) is 11.3 Å². The molecule has 0 spiro atoms. The van der Waals surface area contributed by atoms with Crippen LogP contribution in [0.2, 0.25) is 0 Å². The molecule has 1 saturated heterocycles. The van der Waals surface area contributed by atoms with Gasteiger partial charge in [-0.05, 0) is 30.3 Å². The van der Waals surface area contributed by atoms with E-state index in [4.69, 9.17) is 5.26 Å². The summed E-state index contributed by atoms with van der Waals surface area (Å²) in [5.41, 5.74) is 1.20. The third-order valence-corrected chi connectivity index (χ3v) is 3.67. The Morgan fingerprint density at radius 2 is 1.81 bits per heavy atom. The molecule has 0 unspecified atom stereocenters. The molecule has 1 aromatic carbocycles. The standard InChI is InChI=1S/C16H15FN4/c17-14-4-5-15(13(11-14)12-18)20-7-9-21(10-8-20)16-3-1-2-6-19-16/h1-6,11H,7-10H2. The van der Waals surface area contributed by atoms with Gasteiger partial charge >= 0.3 is 0 Å². The van der Waals surface area contributed by atoms with Crippen molar-refractivity contribution in [2.24, 2.45) is 0 Å². The zero-order chi connectivity index (χ0) is 14.7. The Balaban J connectivity index is 1.73. The average molecular weight is 282 g/mol. The number of benzene rings is 1. The van der Waals surface area contributed by atoms with Gasteiger partial charge in [-0.15, -0.1) is 0 Å². The van der Waals surface area contributed by atoms with E-state index < -0.39 is 0 Å². The number of pyridine rings is 1. The fourth-order valence-corrected chi connectivity index (χ4v) is 2.59. The molecule has 0 amide bonds. The minimum absolute atomic E-state index is 0.373. The number of aromatic nitrogens is 1. The Bertz CT molecular complexity index is 658. The van der Waals surface area contributed by atoms with E-state index in [9.17, 15) is 4.39 Å². The summed E-state index contributed by atoms with van der Waals surface area (Å²) in [6, 6.07) is 12.3. The molecule has 0 bridgehead atoms. The van der Waals surface area contributed by atoms with Crippen LogP contribution in [0.1, 0.15) is 5.56 Å². The van der Waals surface area contributed by atoms with Crippen LogP contribution in [0, 0.1) is 17.1 Å². The highest BCUT2D eigenvalue weighted by Crippen LogP contribution is 2.23.